The Morgan fingerprint density at radius 1 is 1.31 bits per heavy atom. The molecule has 0 unspecified atom stereocenters. The van der Waals surface area contributed by atoms with E-state index in [4.69, 9.17) is 10.5 Å². The van der Waals surface area contributed by atoms with Crippen LogP contribution in [0.5, 0.6) is 0 Å². The number of rotatable bonds is 7. The number of nitrogens with two attached hydrogens (primary N) is 1. The molecule has 0 radical (unpaired) electrons. The van der Waals surface area contributed by atoms with E-state index < -0.39 is 0 Å². The summed E-state index contributed by atoms with van der Waals surface area (Å²) in [4.78, 5) is 2.38. The van der Waals surface area contributed by atoms with E-state index in [0.717, 1.165) is 38.3 Å². The molecule has 0 aromatic heterocycles. The summed E-state index contributed by atoms with van der Waals surface area (Å²) in [5.74, 6) is 0. The number of anilines is 1. The first kappa shape index (κ1) is 13.0. The summed E-state index contributed by atoms with van der Waals surface area (Å²) in [6.07, 6.45) is 1.07. The summed E-state index contributed by atoms with van der Waals surface area (Å²) in [5, 5.41) is 0. The third-order valence-electron chi connectivity index (χ3n) is 2.72. The topological polar surface area (TPSA) is 38.5 Å². The van der Waals surface area contributed by atoms with E-state index in [0.29, 0.717) is 0 Å². The lowest BCUT2D eigenvalue weighted by atomic mass is 10.1. The Kier molecular flexibility index (Phi) is 5.90. The van der Waals surface area contributed by atoms with Gasteiger partial charge in [0.15, 0.2) is 0 Å². The smallest absolute Gasteiger partial charge is 0.0474 e. The molecule has 0 heterocycles. The number of nitrogen functional groups attached to an aromatic ring is 1. The predicted molar refractivity (Wildman–Crippen MR) is 68.3 cm³/mol. The molecule has 0 spiro atoms. The van der Waals surface area contributed by atoms with Crippen LogP contribution in [0.4, 0.5) is 5.69 Å². The largest absolute Gasteiger partial charge is 0.398 e. The summed E-state index contributed by atoms with van der Waals surface area (Å²) >= 11 is 0. The quantitative estimate of drug-likeness (QED) is 0.567. The number of nitrogens with zero attached hydrogens (tertiary/aromatic N) is 1. The predicted octanol–water partition coefficient (Wildman–Crippen LogP) is 2.13. The third-order valence-corrected chi connectivity index (χ3v) is 2.72. The lowest BCUT2D eigenvalue weighted by Gasteiger charge is -2.21. The molecule has 0 aliphatic heterocycles. The Morgan fingerprint density at radius 2 is 2.06 bits per heavy atom. The minimum absolute atomic E-state index is 0.820. The second-order valence-electron chi connectivity index (χ2n) is 3.91. The Balaban J connectivity index is 2.46. The molecule has 0 saturated heterocycles. The van der Waals surface area contributed by atoms with E-state index in [9.17, 15) is 0 Å². The van der Waals surface area contributed by atoms with Crippen molar-refractivity contribution in [2.45, 2.75) is 19.9 Å². The standard InChI is InChI=1S/C13H22N2O/c1-3-15(9-6-10-16-2)11-12-7-4-5-8-13(12)14/h4-5,7-8H,3,6,9-11,14H2,1-2H3. The molecule has 1 aromatic carbocycles. The van der Waals surface area contributed by atoms with Crippen LogP contribution in [-0.4, -0.2) is 31.7 Å². The lowest BCUT2D eigenvalue weighted by Crippen LogP contribution is -2.25. The van der Waals surface area contributed by atoms with E-state index in [1.165, 1.54) is 5.56 Å². The zero-order valence-electron chi connectivity index (χ0n) is 10.3. The number of methoxy groups -OCH3 is 1. The summed E-state index contributed by atoms with van der Waals surface area (Å²) < 4.78 is 5.06. The molecule has 16 heavy (non-hydrogen) atoms. The zero-order valence-corrected chi connectivity index (χ0v) is 10.3. The van der Waals surface area contributed by atoms with E-state index in [2.05, 4.69) is 17.9 Å². The zero-order chi connectivity index (χ0) is 11.8. The van der Waals surface area contributed by atoms with Gasteiger partial charge in [-0.3, -0.25) is 4.90 Å². The van der Waals surface area contributed by atoms with Crippen LogP contribution >= 0.6 is 0 Å². The molecule has 2 N–H and O–H groups in total. The van der Waals surface area contributed by atoms with Gasteiger partial charge in [-0.05, 0) is 24.6 Å². The fourth-order valence-corrected chi connectivity index (χ4v) is 1.70. The fourth-order valence-electron chi connectivity index (χ4n) is 1.70. The van der Waals surface area contributed by atoms with Gasteiger partial charge in [-0.25, -0.2) is 0 Å². The summed E-state index contributed by atoms with van der Waals surface area (Å²) in [7, 11) is 1.74. The number of hydrogen-bond acceptors (Lipinski definition) is 3. The second kappa shape index (κ2) is 7.25. The van der Waals surface area contributed by atoms with Crippen molar-refractivity contribution in [3.05, 3.63) is 29.8 Å². The highest BCUT2D eigenvalue weighted by Crippen LogP contribution is 2.13. The summed E-state index contributed by atoms with van der Waals surface area (Å²) in [6.45, 7) is 6.01. The van der Waals surface area contributed by atoms with Crippen molar-refractivity contribution in [3.63, 3.8) is 0 Å². The Bertz CT molecular complexity index is 302. The van der Waals surface area contributed by atoms with Crippen LogP contribution in [0, 0.1) is 0 Å². The highest BCUT2D eigenvalue weighted by molar-refractivity contribution is 5.46. The molecule has 1 rings (SSSR count). The lowest BCUT2D eigenvalue weighted by molar-refractivity contribution is 0.171. The minimum atomic E-state index is 0.820. The van der Waals surface area contributed by atoms with E-state index in [-0.39, 0.29) is 0 Å². The van der Waals surface area contributed by atoms with Gasteiger partial charge in [-0.15, -0.1) is 0 Å². The van der Waals surface area contributed by atoms with Crippen LogP contribution in [0.1, 0.15) is 18.9 Å². The molecular formula is C13H22N2O. The van der Waals surface area contributed by atoms with E-state index >= 15 is 0 Å². The highest BCUT2D eigenvalue weighted by atomic mass is 16.5. The maximum absolute atomic E-state index is 5.93. The Labute approximate surface area is 98.2 Å². The van der Waals surface area contributed by atoms with Gasteiger partial charge in [0.25, 0.3) is 0 Å². The van der Waals surface area contributed by atoms with Gasteiger partial charge in [-0.1, -0.05) is 25.1 Å². The molecule has 0 amide bonds. The SMILES string of the molecule is CCN(CCCOC)Cc1ccccc1N. The van der Waals surface area contributed by atoms with Crippen LogP contribution in [0.15, 0.2) is 24.3 Å². The molecule has 0 saturated carbocycles. The molecule has 0 aliphatic carbocycles. The van der Waals surface area contributed by atoms with Gasteiger partial charge in [-0.2, -0.15) is 0 Å². The normalized spacial score (nSPS) is 10.9. The van der Waals surface area contributed by atoms with Crippen molar-refractivity contribution < 1.29 is 4.74 Å². The first-order chi connectivity index (χ1) is 7.77. The average Bonchev–Trinajstić information content (AvgIpc) is 2.30. The van der Waals surface area contributed by atoms with Gasteiger partial charge in [0, 0.05) is 32.5 Å². The van der Waals surface area contributed by atoms with Crippen LogP contribution in [0.25, 0.3) is 0 Å². The van der Waals surface area contributed by atoms with E-state index in [1.807, 2.05) is 18.2 Å². The Hall–Kier alpha value is -1.06. The molecule has 0 bridgehead atoms. The molecule has 3 nitrogen and oxygen atoms in total. The van der Waals surface area contributed by atoms with Crippen molar-refractivity contribution in [1.82, 2.24) is 4.90 Å². The van der Waals surface area contributed by atoms with Gasteiger partial charge < -0.3 is 10.5 Å². The van der Waals surface area contributed by atoms with Crippen molar-refractivity contribution in [1.29, 1.82) is 0 Å². The maximum Gasteiger partial charge on any atom is 0.0474 e. The van der Waals surface area contributed by atoms with Crippen molar-refractivity contribution in [2.24, 2.45) is 0 Å². The van der Waals surface area contributed by atoms with Crippen LogP contribution < -0.4 is 5.73 Å². The van der Waals surface area contributed by atoms with Gasteiger partial charge in [0.2, 0.25) is 0 Å². The van der Waals surface area contributed by atoms with E-state index in [1.54, 1.807) is 7.11 Å². The first-order valence-corrected chi connectivity index (χ1v) is 5.82. The average molecular weight is 222 g/mol. The number of ether oxygens (including phenoxy) is 1. The van der Waals surface area contributed by atoms with Crippen molar-refractivity contribution in [3.8, 4) is 0 Å². The molecular weight excluding hydrogens is 200 g/mol. The maximum atomic E-state index is 5.93. The second-order valence-corrected chi connectivity index (χ2v) is 3.91. The summed E-state index contributed by atoms with van der Waals surface area (Å²) in [6, 6.07) is 8.06. The third kappa shape index (κ3) is 4.21. The minimum Gasteiger partial charge on any atom is -0.398 e. The number of benzene rings is 1. The van der Waals surface area contributed by atoms with Crippen LogP contribution in [-0.2, 0) is 11.3 Å². The number of para-hydroxylation sites is 1. The van der Waals surface area contributed by atoms with Crippen LogP contribution in [0.3, 0.4) is 0 Å². The number of hydrogen-bond donors (Lipinski definition) is 1. The van der Waals surface area contributed by atoms with Crippen molar-refractivity contribution >= 4 is 5.69 Å². The fraction of sp³-hybridized carbons (Fsp3) is 0.538. The highest BCUT2D eigenvalue weighted by Gasteiger charge is 2.05. The van der Waals surface area contributed by atoms with Gasteiger partial charge >= 0.3 is 0 Å². The molecule has 90 valence electrons. The summed E-state index contributed by atoms with van der Waals surface area (Å²) in [5.41, 5.74) is 8.02. The monoisotopic (exact) mass is 222 g/mol. The van der Waals surface area contributed by atoms with Crippen LogP contribution in [0.2, 0.25) is 0 Å². The van der Waals surface area contributed by atoms with Gasteiger partial charge in [0.1, 0.15) is 0 Å². The van der Waals surface area contributed by atoms with Crippen molar-refractivity contribution in [2.75, 3.05) is 32.5 Å². The first-order valence-electron chi connectivity index (χ1n) is 5.82. The molecule has 3 heteroatoms. The van der Waals surface area contributed by atoms with Gasteiger partial charge in [0.05, 0.1) is 0 Å². The molecule has 0 atom stereocenters. The Morgan fingerprint density at radius 3 is 2.69 bits per heavy atom. The molecule has 0 aliphatic rings. The molecule has 0 fully saturated rings. The molecule has 1 aromatic rings.